The summed E-state index contributed by atoms with van der Waals surface area (Å²) < 4.78 is 12.4. The monoisotopic (exact) mass is 339 g/mol. The van der Waals surface area contributed by atoms with Crippen molar-refractivity contribution in [2.24, 2.45) is 5.92 Å². The van der Waals surface area contributed by atoms with Crippen molar-refractivity contribution < 1.29 is 14.3 Å². The Labute approximate surface area is 146 Å². The molecule has 0 atom stereocenters. The summed E-state index contributed by atoms with van der Waals surface area (Å²) in [6, 6.07) is 10.7. The predicted molar refractivity (Wildman–Crippen MR) is 96.2 cm³/mol. The third-order valence-corrected chi connectivity index (χ3v) is 4.10. The van der Waals surface area contributed by atoms with Gasteiger partial charge in [-0.2, -0.15) is 0 Å². The normalized spacial score (nSPS) is 13.8. The molecule has 5 nitrogen and oxygen atoms in total. The fourth-order valence-electron chi connectivity index (χ4n) is 2.53. The van der Waals surface area contributed by atoms with Gasteiger partial charge in [-0.05, 0) is 50.5 Å². The Balaban J connectivity index is 1.58. The van der Waals surface area contributed by atoms with E-state index in [0.717, 1.165) is 29.8 Å². The second kappa shape index (κ2) is 7.38. The first-order valence-corrected chi connectivity index (χ1v) is 8.30. The van der Waals surface area contributed by atoms with Crippen molar-refractivity contribution in [3.8, 4) is 5.75 Å². The van der Waals surface area contributed by atoms with Gasteiger partial charge in [0, 0.05) is 29.7 Å². The number of rotatable bonds is 6. The van der Waals surface area contributed by atoms with Crippen molar-refractivity contribution in [3.63, 3.8) is 0 Å². The number of benzene rings is 1. The van der Waals surface area contributed by atoms with Crippen LogP contribution in [0.2, 0.25) is 0 Å². The summed E-state index contributed by atoms with van der Waals surface area (Å²) in [6.45, 7) is 3.75. The van der Waals surface area contributed by atoms with Crippen LogP contribution in [-0.4, -0.2) is 17.3 Å². The molecule has 1 fully saturated rings. The van der Waals surface area contributed by atoms with Crippen LogP contribution in [0.1, 0.15) is 29.8 Å². The van der Waals surface area contributed by atoms with E-state index in [2.05, 4.69) is 0 Å². The molecule has 1 saturated carbocycles. The fraction of sp³-hybridized carbons (Fsp3) is 0.300. The van der Waals surface area contributed by atoms with Gasteiger partial charge in [0.2, 0.25) is 6.79 Å². The number of pyridine rings is 1. The minimum atomic E-state index is -0.175. The van der Waals surface area contributed by atoms with Crippen LogP contribution in [0.15, 0.2) is 41.2 Å². The van der Waals surface area contributed by atoms with Gasteiger partial charge in [0.1, 0.15) is 5.75 Å². The van der Waals surface area contributed by atoms with E-state index in [0.29, 0.717) is 5.75 Å². The van der Waals surface area contributed by atoms with Crippen molar-refractivity contribution in [2.75, 3.05) is 6.79 Å². The van der Waals surface area contributed by atoms with Crippen molar-refractivity contribution in [3.05, 3.63) is 63.6 Å². The highest BCUT2D eigenvalue weighted by molar-refractivity contribution is 5.74. The molecule has 5 heteroatoms. The molecule has 1 aromatic carbocycles. The summed E-state index contributed by atoms with van der Waals surface area (Å²) in [4.78, 5) is 22.9. The number of ether oxygens (including phenoxy) is 2. The third kappa shape index (κ3) is 4.59. The van der Waals surface area contributed by atoms with E-state index in [1.165, 1.54) is 0 Å². The van der Waals surface area contributed by atoms with Gasteiger partial charge in [-0.3, -0.25) is 9.59 Å². The van der Waals surface area contributed by atoms with Gasteiger partial charge >= 0.3 is 5.97 Å². The van der Waals surface area contributed by atoms with E-state index in [4.69, 9.17) is 9.47 Å². The number of hydrogen-bond acceptors (Lipinski definition) is 4. The van der Waals surface area contributed by atoms with E-state index in [1.807, 2.05) is 55.0 Å². The molecule has 25 heavy (non-hydrogen) atoms. The maximum Gasteiger partial charge on any atom is 0.311 e. The predicted octanol–water partition coefficient (Wildman–Crippen LogP) is 3.38. The molecular weight excluding hydrogens is 318 g/mol. The molecule has 0 radical (unpaired) electrons. The van der Waals surface area contributed by atoms with E-state index in [9.17, 15) is 9.59 Å². The Hall–Kier alpha value is -2.82. The van der Waals surface area contributed by atoms with Crippen LogP contribution in [0.3, 0.4) is 0 Å². The van der Waals surface area contributed by atoms with E-state index < -0.39 is 0 Å². The summed E-state index contributed by atoms with van der Waals surface area (Å²) in [5.41, 5.74) is 2.79. The van der Waals surface area contributed by atoms with Gasteiger partial charge in [-0.25, -0.2) is 0 Å². The number of aromatic nitrogens is 1. The molecular formula is C20H21NO4. The Morgan fingerprint density at radius 2 is 1.80 bits per heavy atom. The van der Waals surface area contributed by atoms with E-state index in [-0.39, 0.29) is 24.1 Å². The van der Waals surface area contributed by atoms with Crippen LogP contribution in [0, 0.1) is 19.8 Å². The summed E-state index contributed by atoms with van der Waals surface area (Å²) >= 11 is 0. The number of carbonyl (C=O) groups is 1. The number of esters is 1. The van der Waals surface area contributed by atoms with Gasteiger partial charge in [0.05, 0.1) is 5.92 Å². The van der Waals surface area contributed by atoms with Crippen LogP contribution >= 0.6 is 0 Å². The molecule has 1 aliphatic carbocycles. The largest absolute Gasteiger partial charge is 0.457 e. The first kappa shape index (κ1) is 17.0. The molecule has 2 aromatic rings. The van der Waals surface area contributed by atoms with Gasteiger partial charge in [0.15, 0.2) is 5.43 Å². The van der Waals surface area contributed by atoms with Gasteiger partial charge in [-0.1, -0.05) is 12.1 Å². The molecule has 0 bridgehead atoms. The molecule has 0 unspecified atom stereocenters. The molecule has 0 spiro atoms. The highest BCUT2D eigenvalue weighted by Crippen LogP contribution is 2.30. The van der Waals surface area contributed by atoms with Crippen LogP contribution in [0.25, 0.3) is 12.3 Å². The highest BCUT2D eigenvalue weighted by atomic mass is 16.7. The van der Waals surface area contributed by atoms with Gasteiger partial charge < -0.3 is 14.0 Å². The molecule has 1 aliphatic rings. The maximum absolute atomic E-state index is 11.5. The molecule has 1 heterocycles. The first-order chi connectivity index (χ1) is 12.0. The highest BCUT2D eigenvalue weighted by Gasteiger charge is 2.31. The quantitative estimate of drug-likeness (QED) is 0.598. The molecule has 1 aromatic heterocycles. The standard InChI is InChI=1S/C20H21NO4/c1-14-11-18(22)12-15(2)21(14)10-9-16-3-7-19(8-4-16)24-13-25-20(23)17-5-6-17/h3-4,7-12,17H,5-6,13H2,1-2H3/b10-9+. The van der Waals surface area contributed by atoms with Gasteiger partial charge in [0.25, 0.3) is 0 Å². The SMILES string of the molecule is Cc1cc(=O)cc(C)n1/C=C/c1ccc(OCOC(=O)C2CC2)cc1. The van der Waals surface area contributed by atoms with Crippen LogP contribution in [0.4, 0.5) is 0 Å². The number of nitrogens with zero attached hydrogens (tertiary/aromatic N) is 1. The minimum Gasteiger partial charge on any atom is -0.457 e. The molecule has 0 aliphatic heterocycles. The zero-order valence-electron chi connectivity index (χ0n) is 14.4. The first-order valence-electron chi connectivity index (χ1n) is 8.30. The molecule has 0 amide bonds. The zero-order valence-corrected chi connectivity index (χ0v) is 14.4. The lowest BCUT2D eigenvalue weighted by Crippen LogP contribution is -2.11. The van der Waals surface area contributed by atoms with Crippen LogP contribution in [0.5, 0.6) is 5.75 Å². The van der Waals surface area contributed by atoms with Crippen molar-refractivity contribution in [1.82, 2.24) is 4.57 Å². The lowest BCUT2D eigenvalue weighted by atomic mass is 10.2. The number of aryl methyl sites for hydroxylation is 2. The zero-order chi connectivity index (χ0) is 17.8. The number of carbonyl (C=O) groups excluding carboxylic acids is 1. The van der Waals surface area contributed by atoms with Crippen LogP contribution in [-0.2, 0) is 9.53 Å². The lowest BCUT2D eigenvalue weighted by molar-refractivity contribution is -0.151. The summed E-state index contributed by atoms with van der Waals surface area (Å²) in [6.07, 6.45) is 5.74. The van der Waals surface area contributed by atoms with E-state index >= 15 is 0 Å². The van der Waals surface area contributed by atoms with Crippen LogP contribution < -0.4 is 10.2 Å². The minimum absolute atomic E-state index is 0.0172. The average Bonchev–Trinajstić information content (AvgIpc) is 3.40. The second-order valence-corrected chi connectivity index (χ2v) is 6.23. The molecule has 0 saturated heterocycles. The van der Waals surface area contributed by atoms with E-state index in [1.54, 1.807) is 12.1 Å². The number of hydrogen-bond donors (Lipinski definition) is 0. The topological polar surface area (TPSA) is 57.5 Å². The summed E-state index contributed by atoms with van der Waals surface area (Å²) in [5, 5.41) is 0. The van der Waals surface area contributed by atoms with Crippen molar-refractivity contribution in [2.45, 2.75) is 26.7 Å². The second-order valence-electron chi connectivity index (χ2n) is 6.23. The molecule has 130 valence electrons. The Morgan fingerprint density at radius 3 is 2.40 bits per heavy atom. The third-order valence-electron chi connectivity index (χ3n) is 4.10. The Bertz CT molecular complexity index is 819. The average molecular weight is 339 g/mol. The summed E-state index contributed by atoms with van der Waals surface area (Å²) in [5.74, 6) is 0.555. The van der Waals surface area contributed by atoms with Crippen molar-refractivity contribution >= 4 is 18.2 Å². The maximum atomic E-state index is 11.5. The van der Waals surface area contributed by atoms with Crippen molar-refractivity contribution in [1.29, 1.82) is 0 Å². The molecule has 0 N–H and O–H groups in total. The lowest BCUT2D eigenvalue weighted by Gasteiger charge is -2.09. The summed E-state index contributed by atoms with van der Waals surface area (Å²) in [7, 11) is 0. The fourth-order valence-corrected chi connectivity index (χ4v) is 2.53. The smallest absolute Gasteiger partial charge is 0.311 e. The Morgan fingerprint density at radius 1 is 1.16 bits per heavy atom. The Kier molecular flexibility index (Phi) is 5.03. The molecule has 3 rings (SSSR count). The van der Waals surface area contributed by atoms with Gasteiger partial charge in [-0.15, -0.1) is 0 Å².